The average Bonchev–Trinajstić information content (AvgIpc) is 2.45. The van der Waals surface area contributed by atoms with Crippen LogP contribution in [0.25, 0.3) is 0 Å². The Balaban J connectivity index is 2.02. The second-order valence-corrected chi connectivity index (χ2v) is 5.46. The molecule has 0 spiro atoms. The monoisotopic (exact) mass is 284 g/mol. The fourth-order valence-electron chi connectivity index (χ4n) is 1.94. The number of rotatable bonds is 4. The molecule has 2 aromatic rings. The lowest BCUT2D eigenvalue weighted by Crippen LogP contribution is -2.00. The molecule has 1 N–H and O–H groups in total. The van der Waals surface area contributed by atoms with Gasteiger partial charge in [-0.15, -0.1) is 0 Å². The molecule has 0 aromatic heterocycles. The molecule has 2 nitrogen and oxygen atoms in total. The molecule has 102 valence electrons. The van der Waals surface area contributed by atoms with Crippen LogP contribution < -0.4 is 5.32 Å². The van der Waals surface area contributed by atoms with E-state index in [4.69, 9.17) is 16.9 Å². The summed E-state index contributed by atoms with van der Waals surface area (Å²) in [5.41, 5.74) is 3.98. The minimum atomic E-state index is 0.479. The Morgan fingerprint density at radius 1 is 1.15 bits per heavy atom. The number of nitrogens with zero attached hydrogens (tertiary/aromatic N) is 1. The van der Waals surface area contributed by atoms with Gasteiger partial charge < -0.3 is 5.32 Å². The Kier molecular flexibility index (Phi) is 4.65. The summed E-state index contributed by atoms with van der Waals surface area (Å²) in [6.07, 6.45) is 0. The van der Waals surface area contributed by atoms with Crippen LogP contribution in [0.2, 0.25) is 5.02 Å². The Labute approximate surface area is 125 Å². The van der Waals surface area contributed by atoms with Gasteiger partial charge in [0.15, 0.2) is 0 Å². The predicted octanol–water partition coefficient (Wildman–Crippen LogP) is 4.95. The molecule has 2 aromatic carbocycles. The molecule has 0 fully saturated rings. The molecule has 0 saturated carbocycles. The third kappa shape index (κ3) is 3.53. The molecule has 0 heterocycles. The maximum Gasteiger partial charge on any atom is 0.101 e. The fraction of sp³-hybridized carbons (Fsp3) is 0.235. The number of benzene rings is 2. The molecule has 0 bridgehead atoms. The lowest BCUT2D eigenvalue weighted by molar-refractivity contribution is 0.865. The molecule has 0 atom stereocenters. The number of nitriles is 1. The number of hydrogen-bond acceptors (Lipinski definition) is 2. The zero-order valence-corrected chi connectivity index (χ0v) is 12.4. The molecule has 0 radical (unpaired) electrons. The van der Waals surface area contributed by atoms with Crippen molar-refractivity contribution in [2.75, 3.05) is 5.32 Å². The predicted molar refractivity (Wildman–Crippen MR) is 84.0 cm³/mol. The van der Waals surface area contributed by atoms with Crippen molar-refractivity contribution in [3.8, 4) is 6.07 Å². The van der Waals surface area contributed by atoms with Crippen molar-refractivity contribution >= 4 is 17.3 Å². The van der Waals surface area contributed by atoms with E-state index in [1.165, 1.54) is 11.1 Å². The van der Waals surface area contributed by atoms with Crippen molar-refractivity contribution in [2.45, 2.75) is 26.3 Å². The molecular formula is C17H17ClN2. The summed E-state index contributed by atoms with van der Waals surface area (Å²) in [5, 5.41) is 12.6. The zero-order valence-electron chi connectivity index (χ0n) is 11.7. The highest BCUT2D eigenvalue weighted by molar-refractivity contribution is 6.32. The maximum absolute atomic E-state index is 8.83. The van der Waals surface area contributed by atoms with Gasteiger partial charge >= 0.3 is 0 Å². The minimum absolute atomic E-state index is 0.479. The van der Waals surface area contributed by atoms with Crippen LogP contribution in [-0.4, -0.2) is 0 Å². The molecule has 2 rings (SSSR count). The van der Waals surface area contributed by atoms with E-state index in [0.29, 0.717) is 16.5 Å². The first-order valence-corrected chi connectivity index (χ1v) is 7.00. The van der Waals surface area contributed by atoms with Crippen LogP contribution in [0, 0.1) is 11.3 Å². The standard InChI is InChI=1S/C17H17ClN2/c1-12(2)14-5-3-13(4-6-14)11-20-16-8-7-15(10-19)17(18)9-16/h3-9,12,20H,11H2,1-2H3. The summed E-state index contributed by atoms with van der Waals surface area (Å²) in [6, 6.07) is 16.0. The molecule has 3 heteroatoms. The highest BCUT2D eigenvalue weighted by Gasteiger charge is 2.02. The number of hydrogen-bond donors (Lipinski definition) is 1. The molecule has 20 heavy (non-hydrogen) atoms. The van der Waals surface area contributed by atoms with E-state index >= 15 is 0 Å². The summed E-state index contributed by atoms with van der Waals surface area (Å²) >= 11 is 6.00. The molecule has 0 amide bonds. The first kappa shape index (κ1) is 14.4. The second-order valence-electron chi connectivity index (χ2n) is 5.06. The lowest BCUT2D eigenvalue weighted by Gasteiger charge is -2.09. The van der Waals surface area contributed by atoms with Gasteiger partial charge in [0.2, 0.25) is 0 Å². The summed E-state index contributed by atoms with van der Waals surface area (Å²) in [6.45, 7) is 5.11. The number of halogens is 1. The number of anilines is 1. The van der Waals surface area contributed by atoms with Gasteiger partial charge in [0.1, 0.15) is 6.07 Å². The zero-order chi connectivity index (χ0) is 14.5. The lowest BCUT2D eigenvalue weighted by atomic mass is 10.0. The van der Waals surface area contributed by atoms with Gasteiger partial charge in [-0.25, -0.2) is 0 Å². The van der Waals surface area contributed by atoms with Crippen molar-refractivity contribution < 1.29 is 0 Å². The van der Waals surface area contributed by atoms with E-state index in [-0.39, 0.29) is 0 Å². The van der Waals surface area contributed by atoms with Crippen LogP contribution in [0.4, 0.5) is 5.69 Å². The molecule has 0 unspecified atom stereocenters. The van der Waals surface area contributed by atoms with E-state index in [2.05, 4.69) is 49.5 Å². The molecule has 0 aliphatic heterocycles. The van der Waals surface area contributed by atoms with E-state index < -0.39 is 0 Å². The van der Waals surface area contributed by atoms with Crippen LogP contribution in [-0.2, 0) is 6.54 Å². The highest BCUT2D eigenvalue weighted by atomic mass is 35.5. The fourth-order valence-corrected chi connectivity index (χ4v) is 2.16. The largest absolute Gasteiger partial charge is 0.381 e. The maximum atomic E-state index is 8.83. The van der Waals surface area contributed by atoms with E-state index in [0.717, 1.165) is 12.2 Å². The highest BCUT2D eigenvalue weighted by Crippen LogP contribution is 2.21. The van der Waals surface area contributed by atoms with E-state index in [9.17, 15) is 0 Å². The van der Waals surface area contributed by atoms with Gasteiger partial charge in [0, 0.05) is 12.2 Å². The van der Waals surface area contributed by atoms with Gasteiger partial charge in [-0.05, 0) is 35.2 Å². The van der Waals surface area contributed by atoms with Crippen molar-refractivity contribution in [2.24, 2.45) is 0 Å². The van der Waals surface area contributed by atoms with Crippen molar-refractivity contribution in [3.63, 3.8) is 0 Å². The third-order valence-corrected chi connectivity index (χ3v) is 3.55. The second kappa shape index (κ2) is 6.45. The van der Waals surface area contributed by atoms with Crippen molar-refractivity contribution in [1.82, 2.24) is 0 Å². The molecule has 0 aliphatic rings. The first-order valence-electron chi connectivity index (χ1n) is 6.62. The van der Waals surface area contributed by atoms with Crippen LogP contribution in [0.3, 0.4) is 0 Å². The first-order chi connectivity index (χ1) is 9.60. The molecule has 0 saturated heterocycles. The summed E-state index contributed by atoms with van der Waals surface area (Å²) in [7, 11) is 0. The van der Waals surface area contributed by atoms with Crippen LogP contribution in [0.1, 0.15) is 36.5 Å². The number of nitrogens with one attached hydrogen (secondary N) is 1. The van der Waals surface area contributed by atoms with Crippen LogP contribution in [0.5, 0.6) is 0 Å². The topological polar surface area (TPSA) is 35.8 Å². The summed E-state index contributed by atoms with van der Waals surface area (Å²) < 4.78 is 0. The van der Waals surface area contributed by atoms with Gasteiger partial charge in [0.05, 0.1) is 10.6 Å². The van der Waals surface area contributed by atoms with E-state index in [1.807, 2.05) is 6.07 Å². The Morgan fingerprint density at radius 2 is 1.85 bits per heavy atom. The quantitative estimate of drug-likeness (QED) is 0.862. The van der Waals surface area contributed by atoms with E-state index in [1.54, 1.807) is 12.1 Å². The van der Waals surface area contributed by atoms with Crippen molar-refractivity contribution in [3.05, 3.63) is 64.2 Å². The van der Waals surface area contributed by atoms with Gasteiger partial charge in [-0.2, -0.15) is 5.26 Å². The minimum Gasteiger partial charge on any atom is -0.381 e. The van der Waals surface area contributed by atoms with Gasteiger partial charge in [-0.1, -0.05) is 49.7 Å². The van der Waals surface area contributed by atoms with Gasteiger partial charge in [0.25, 0.3) is 0 Å². The smallest absolute Gasteiger partial charge is 0.101 e. The van der Waals surface area contributed by atoms with Crippen LogP contribution in [0.15, 0.2) is 42.5 Å². The van der Waals surface area contributed by atoms with Crippen molar-refractivity contribution in [1.29, 1.82) is 5.26 Å². The normalized spacial score (nSPS) is 10.3. The Hall–Kier alpha value is -1.98. The SMILES string of the molecule is CC(C)c1ccc(CNc2ccc(C#N)c(Cl)c2)cc1. The van der Waals surface area contributed by atoms with Gasteiger partial charge in [-0.3, -0.25) is 0 Å². The summed E-state index contributed by atoms with van der Waals surface area (Å²) in [5.74, 6) is 0.550. The molecular weight excluding hydrogens is 268 g/mol. The third-order valence-electron chi connectivity index (χ3n) is 3.23. The molecule has 0 aliphatic carbocycles. The van der Waals surface area contributed by atoms with Crippen LogP contribution >= 0.6 is 11.6 Å². The Morgan fingerprint density at radius 3 is 2.40 bits per heavy atom. The summed E-state index contributed by atoms with van der Waals surface area (Å²) in [4.78, 5) is 0. The average molecular weight is 285 g/mol. The Bertz CT molecular complexity index is 624.